The van der Waals surface area contributed by atoms with Crippen molar-refractivity contribution in [2.45, 2.75) is 13.8 Å². The highest BCUT2D eigenvalue weighted by molar-refractivity contribution is 5.78. The van der Waals surface area contributed by atoms with Crippen LogP contribution in [0.2, 0.25) is 0 Å². The summed E-state index contributed by atoms with van der Waals surface area (Å²) in [7, 11) is 0. The Kier molecular flexibility index (Phi) is 1.56. The summed E-state index contributed by atoms with van der Waals surface area (Å²) in [5.74, 6) is -0.109. The number of aromatic nitrogens is 2. The summed E-state index contributed by atoms with van der Waals surface area (Å²) in [6.45, 7) is 3.55. The van der Waals surface area contributed by atoms with Crippen LogP contribution in [0.4, 0.5) is 5.69 Å². The summed E-state index contributed by atoms with van der Waals surface area (Å²) < 4.78 is 1.31. The summed E-state index contributed by atoms with van der Waals surface area (Å²) in [6, 6.07) is 0. The smallest absolute Gasteiger partial charge is 0.213 e. The Labute approximate surface area is 64.5 Å². The van der Waals surface area contributed by atoms with Gasteiger partial charge in [-0.05, 0) is 13.8 Å². The van der Waals surface area contributed by atoms with Crippen molar-refractivity contribution >= 4 is 11.6 Å². The van der Waals surface area contributed by atoms with Crippen LogP contribution >= 0.6 is 0 Å². The Balaban J connectivity index is 3.29. The average Bonchev–Trinajstić information content (AvgIpc) is 2.17. The predicted molar refractivity (Wildman–Crippen MR) is 43.4 cm³/mol. The highest BCUT2D eigenvalue weighted by Crippen LogP contribution is 2.13. The van der Waals surface area contributed by atoms with E-state index in [-0.39, 0.29) is 5.96 Å². The molecular weight excluding hydrogens is 142 g/mol. The molecule has 0 aliphatic rings. The van der Waals surface area contributed by atoms with Crippen LogP contribution < -0.4 is 11.5 Å². The second-order valence-electron chi connectivity index (χ2n) is 2.38. The Hall–Kier alpha value is -1.52. The van der Waals surface area contributed by atoms with Crippen molar-refractivity contribution < 1.29 is 0 Å². The number of hydrogen-bond donors (Lipinski definition) is 3. The van der Waals surface area contributed by atoms with Crippen LogP contribution in [0.15, 0.2) is 0 Å². The molecule has 1 aromatic heterocycles. The molecule has 0 unspecified atom stereocenters. The molecule has 0 atom stereocenters. The molecule has 60 valence electrons. The molecule has 0 radical (unpaired) electrons. The first-order chi connectivity index (χ1) is 5.04. The van der Waals surface area contributed by atoms with Crippen molar-refractivity contribution in [3.63, 3.8) is 0 Å². The fraction of sp³-hybridized carbons (Fsp3) is 0.333. The number of anilines is 1. The number of nitrogens with zero attached hydrogens (tertiary/aromatic N) is 2. The number of rotatable bonds is 0. The zero-order valence-electron chi connectivity index (χ0n) is 6.55. The average molecular weight is 153 g/mol. The number of hydrogen-bond acceptors (Lipinski definition) is 3. The van der Waals surface area contributed by atoms with Crippen molar-refractivity contribution in [3.8, 4) is 0 Å². The lowest BCUT2D eigenvalue weighted by Crippen LogP contribution is -2.23. The molecule has 5 heteroatoms. The molecule has 0 amide bonds. The van der Waals surface area contributed by atoms with Crippen LogP contribution in [0, 0.1) is 19.3 Å². The van der Waals surface area contributed by atoms with Crippen LogP contribution in [0.25, 0.3) is 0 Å². The monoisotopic (exact) mass is 153 g/mol. The van der Waals surface area contributed by atoms with Crippen LogP contribution in [0.3, 0.4) is 0 Å². The zero-order valence-corrected chi connectivity index (χ0v) is 6.55. The van der Waals surface area contributed by atoms with Crippen molar-refractivity contribution in [3.05, 3.63) is 11.4 Å². The van der Waals surface area contributed by atoms with Crippen molar-refractivity contribution in [2.75, 3.05) is 5.73 Å². The van der Waals surface area contributed by atoms with Crippen LogP contribution in [0.5, 0.6) is 0 Å². The maximum Gasteiger partial charge on any atom is 0.213 e. The van der Waals surface area contributed by atoms with Crippen LogP contribution in [-0.4, -0.2) is 15.7 Å². The molecule has 0 saturated heterocycles. The molecule has 5 N–H and O–H groups in total. The van der Waals surface area contributed by atoms with E-state index in [2.05, 4.69) is 5.10 Å². The fourth-order valence-corrected chi connectivity index (χ4v) is 0.889. The highest BCUT2D eigenvalue weighted by Gasteiger charge is 2.08. The first-order valence-electron chi connectivity index (χ1n) is 3.20. The molecule has 0 aliphatic carbocycles. The maximum absolute atomic E-state index is 7.11. The van der Waals surface area contributed by atoms with Gasteiger partial charge in [0, 0.05) is 0 Å². The Bertz CT molecular complexity index is 298. The lowest BCUT2D eigenvalue weighted by Gasteiger charge is -1.98. The minimum atomic E-state index is -0.109. The second kappa shape index (κ2) is 2.26. The van der Waals surface area contributed by atoms with E-state index in [4.69, 9.17) is 16.9 Å². The van der Waals surface area contributed by atoms with Crippen molar-refractivity contribution in [2.24, 2.45) is 5.73 Å². The molecule has 0 bridgehead atoms. The molecular formula is C6H11N5. The normalized spacial score (nSPS) is 10.0. The van der Waals surface area contributed by atoms with Crippen LogP contribution in [-0.2, 0) is 0 Å². The predicted octanol–water partition coefficient (Wildman–Crippen LogP) is -0.176. The molecule has 0 saturated carbocycles. The zero-order chi connectivity index (χ0) is 8.59. The Morgan fingerprint density at radius 1 is 1.55 bits per heavy atom. The van der Waals surface area contributed by atoms with E-state index in [1.807, 2.05) is 0 Å². The largest absolute Gasteiger partial charge is 0.396 e. The lowest BCUT2D eigenvalue weighted by atomic mass is 10.3. The topological polar surface area (TPSA) is 93.7 Å². The molecule has 11 heavy (non-hydrogen) atoms. The number of aryl methyl sites for hydroxylation is 1. The standard InChI is InChI=1S/C6H11N5/c1-3-5(7)4(2)11(10-3)6(8)9/h7H2,1-2H3,(H3,8,9). The minimum absolute atomic E-state index is 0.109. The lowest BCUT2D eigenvalue weighted by molar-refractivity contribution is 0.863. The fourth-order valence-electron chi connectivity index (χ4n) is 0.889. The molecule has 1 heterocycles. The van der Waals surface area contributed by atoms with Gasteiger partial charge < -0.3 is 11.5 Å². The molecule has 1 aromatic rings. The third-order valence-corrected chi connectivity index (χ3v) is 1.58. The molecule has 0 spiro atoms. The highest BCUT2D eigenvalue weighted by atomic mass is 15.3. The van der Waals surface area contributed by atoms with Gasteiger partial charge in [-0.15, -0.1) is 0 Å². The Morgan fingerprint density at radius 2 is 2.09 bits per heavy atom. The van der Waals surface area contributed by atoms with Crippen LogP contribution in [0.1, 0.15) is 11.4 Å². The summed E-state index contributed by atoms with van der Waals surface area (Å²) in [5, 5.41) is 11.1. The van der Waals surface area contributed by atoms with Gasteiger partial charge in [-0.25, -0.2) is 4.68 Å². The third-order valence-electron chi connectivity index (χ3n) is 1.58. The molecule has 0 aliphatic heterocycles. The van der Waals surface area contributed by atoms with E-state index < -0.39 is 0 Å². The molecule has 5 nitrogen and oxygen atoms in total. The van der Waals surface area contributed by atoms with Gasteiger partial charge in [-0.1, -0.05) is 0 Å². The van der Waals surface area contributed by atoms with Gasteiger partial charge in [0.2, 0.25) is 5.96 Å². The summed E-state index contributed by atoms with van der Waals surface area (Å²) in [5.41, 5.74) is 12.9. The number of nitrogens with two attached hydrogens (primary N) is 2. The Morgan fingerprint density at radius 3 is 2.27 bits per heavy atom. The van der Waals surface area contributed by atoms with Gasteiger partial charge in [0.1, 0.15) is 0 Å². The van der Waals surface area contributed by atoms with Gasteiger partial charge in [-0.3, -0.25) is 5.41 Å². The number of nitrogen functional groups attached to an aromatic ring is 2. The molecule has 1 rings (SSSR count). The van der Waals surface area contributed by atoms with E-state index in [0.717, 1.165) is 5.69 Å². The first kappa shape index (κ1) is 7.59. The summed E-state index contributed by atoms with van der Waals surface area (Å²) in [6.07, 6.45) is 0. The van der Waals surface area contributed by atoms with Gasteiger partial charge in [-0.2, -0.15) is 5.10 Å². The third kappa shape index (κ3) is 1.04. The van der Waals surface area contributed by atoms with E-state index in [1.165, 1.54) is 4.68 Å². The summed E-state index contributed by atoms with van der Waals surface area (Å²) >= 11 is 0. The SMILES string of the molecule is Cc1nn(C(=N)N)c(C)c1N. The maximum atomic E-state index is 7.11. The second-order valence-corrected chi connectivity index (χ2v) is 2.38. The van der Waals surface area contributed by atoms with E-state index >= 15 is 0 Å². The minimum Gasteiger partial charge on any atom is -0.396 e. The van der Waals surface area contributed by atoms with E-state index in [1.54, 1.807) is 13.8 Å². The van der Waals surface area contributed by atoms with E-state index in [9.17, 15) is 0 Å². The van der Waals surface area contributed by atoms with E-state index in [0.29, 0.717) is 11.4 Å². The first-order valence-corrected chi connectivity index (χ1v) is 3.20. The van der Waals surface area contributed by atoms with Gasteiger partial charge >= 0.3 is 0 Å². The van der Waals surface area contributed by atoms with Gasteiger partial charge in [0.25, 0.3) is 0 Å². The molecule has 0 aromatic carbocycles. The van der Waals surface area contributed by atoms with Gasteiger partial charge in [0.15, 0.2) is 0 Å². The van der Waals surface area contributed by atoms with Gasteiger partial charge in [0.05, 0.1) is 17.1 Å². The van der Waals surface area contributed by atoms with Crippen molar-refractivity contribution in [1.82, 2.24) is 9.78 Å². The quantitative estimate of drug-likeness (QED) is 0.356. The number of nitrogens with one attached hydrogen (secondary N) is 1. The molecule has 0 fully saturated rings. The summed E-state index contributed by atoms with van der Waals surface area (Å²) in [4.78, 5) is 0. The van der Waals surface area contributed by atoms with Crippen molar-refractivity contribution in [1.29, 1.82) is 5.41 Å².